The lowest BCUT2D eigenvalue weighted by atomic mass is 10.2. The highest BCUT2D eigenvalue weighted by Crippen LogP contribution is 2.26. The number of benzene rings is 2. The highest BCUT2D eigenvalue weighted by molar-refractivity contribution is 8.00. The summed E-state index contributed by atoms with van der Waals surface area (Å²) in [6.45, 7) is 3.79. The molecule has 0 saturated heterocycles. The maximum absolute atomic E-state index is 12.2. The second-order valence-corrected chi connectivity index (χ2v) is 6.93. The lowest BCUT2D eigenvalue weighted by Gasteiger charge is -2.12. The van der Waals surface area contributed by atoms with Gasteiger partial charge < -0.3 is 5.32 Å². The molecule has 2 aromatic rings. The standard InChI is InChI=1S/C16H15Cl2NOS/c1-10-3-6-13(9-15(10)18)19-16(20)11(2)21-14-7-4-12(17)5-8-14/h3-9,11H,1-2H3,(H,19,20)/t11-/m0/s1. The predicted octanol–water partition coefficient (Wildman–Crippen LogP) is 5.42. The Balaban J connectivity index is 1.98. The molecule has 0 radical (unpaired) electrons. The molecule has 1 atom stereocenters. The molecule has 0 aromatic heterocycles. The second-order valence-electron chi connectivity index (χ2n) is 4.67. The Bertz CT molecular complexity index is 643. The summed E-state index contributed by atoms with van der Waals surface area (Å²) >= 11 is 13.4. The fraction of sp³-hybridized carbons (Fsp3) is 0.188. The Kier molecular flexibility index (Phi) is 5.57. The molecule has 0 fully saturated rings. The van der Waals surface area contributed by atoms with Crippen LogP contribution in [-0.4, -0.2) is 11.2 Å². The molecule has 2 nitrogen and oxygen atoms in total. The van der Waals surface area contributed by atoms with Crippen molar-refractivity contribution >= 4 is 46.6 Å². The van der Waals surface area contributed by atoms with Crippen LogP contribution in [0.5, 0.6) is 0 Å². The van der Waals surface area contributed by atoms with Crippen LogP contribution in [0.25, 0.3) is 0 Å². The summed E-state index contributed by atoms with van der Waals surface area (Å²) in [6.07, 6.45) is 0. The zero-order valence-electron chi connectivity index (χ0n) is 11.7. The predicted molar refractivity (Wildman–Crippen MR) is 91.6 cm³/mol. The van der Waals surface area contributed by atoms with Gasteiger partial charge in [-0.05, 0) is 55.8 Å². The number of rotatable bonds is 4. The minimum Gasteiger partial charge on any atom is -0.325 e. The average Bonchev–Trinajstić information content (AvgIpc) is 2.45. The normalized spacial score (nSPS) is 12.0. The van der Waals surface area contributed by atoms with Crippen LogP contribution >= 0.6 is 35.0 Å². The number of hydrogen-bond donors (Lipinski definition) is 1. The largest absolute Gasteiger partial charge is 0.325 e. The van der Waals surface area contributed by atoms with Crippen molar-refractivity contribution in [1.82, 2.24) is 0 Å². The van der Waals surface area contributed by atoms with Gasteiger partial charge in [0.25, 0.3) is 0 Å². The van der Waals surface area contributed by atoms with E-state index < -0.39 is 0 Å². The number of anilines is 1. The van der Waals surface area contributed by atoms with Crippen molar-refractivity contribution in [3.63, 3.8) is 0 Å². The molecule has 0 aliphatic rings. The first-order valence-electron chi connectivity index (χ1n) is 6.45. The molecule has 2 rings (SSSR count). The topological polar surface area (TPSA) is 29.1 Å². The molecule has 1 amide bonds. The molecule has 0 aliphatic carbocycles. The zero-order chi connectivity index (χ0) is 15.4. The molecule has 110 valence electrons. The van der Waals surface area contributed by atoms with Gasteiger partial charge >= 0.3 is 0 Å². The first-order chi connectivity index (χ1) is 9.95. The van der Waals surface area contributed by atoms with Crippen LogP contribution in [0.4, 0.5) is 5.69 Å². The van der Waals surface area contributed by atoms with Crippen LogP contribution in [-0.2, 0) is 4.79 Å². The van der Waals surface area contributed by atoms with E-state index in [1.165, 1.54) is 11.8 Å². The fourth-order valence-electron chi connectivity index (χ4n) is 1.69. The van der Waals surface area contributed by atoms with Gasteiger partial charge in [0.1, 0.15) is 0 Å². The van der Waals surface area contributed by atoms with E-state index in [1.54, 1.807) is 6.07 Å². The highest BCUT2D eigenvalue weighted by atomic mass is 35.5. The first kappa shape index (κ1) is 16.2. The van der Waals surface area contributed by atoms with Crippen molar-refractivity contribution < 1.29 is 4.79 Å². The second kappa shape index (κ2) is 7.21. The number of amides is 1. The lowest BCUT2D eigenvalue weighted by molar-refractivity contribution is -0.115. The van der Waals surface area contributed by atoms with Crippen molar-refractivity contribution in [3.05, 3.63) is 58.1 Å². The van der Waals surface area contributed by atoms with Gasteiger partial charge in [-0.15, -0.1) is 11.8 Å². The van der Waals surface area contributed by atoms with E-state index in [0.29, 0.717) is 15.7 Å². The monoisotopic (exact) mass is 339 g/mol. The van der Waals surface area contributed by atoms with Gasteiger partial charge in [0.2, 0.25) is 5.91 Å². The van der Waals surface area contributed by atoms with E-state index in [2.05, 4.69) is 5.32 Å². The molecule has 1 N–H and O–H groups in total. The molecule has 0 spiro atoms. The van der Waals surface area contributed by atoms with Crippen molar-refractivity contribution in [2.24, 2.45) is 0 Å². The third kappa shape index (κ3) is 4.67. The third-order valence-electron chi connectivity index (χ3n) is 2.94. The summed E-state index contributed by atoms with van der Waals surface area (Å²) in [6, 6.07) is 12.9. The number of aryl methyl sites for hydroxylation is 1. The van der Waals surface area contributed by atoms with Crippen LogP contribution in [0.3, 0.4) is 0 Å². The number of halogens is 2. The van der Waals surface area contributed by atoms with Crippen LogP contribution in [0.2, 0.25) is 10.0 Å². The Morgan fingerprint density at radius 2 is 1.81 bits per heavy atom. The number of thioether (sulfide) groups is 1. The van der Waals surface area contributed by atoms with Crippen LogP contribution in [0.15, 0.2) is 47.4 Å². The minimum atomic E-state index is -0.216. The van der Waals surface area contributed by atoms with E-state index >= 15 is 0 Å². The van der Waals surface area contributed by atoms with E-state index in [4.69, 9.17) is 23.2 Å². The van der Waals surface area contributed by atoms with E-state index in [1.807, 2.05) is 50.2 Å². The van der Waals surface area contributed by atoms with Gasteiger partial charge in [-0.1, -0.05) is 29.3 Å². The summed E-state index contributed by atoms with van der Waals surface area (Å²) in [4.78, 5) is 13.2. The molecule has 21 heavy (non-hydrogen) atoms. The summed E-state index contributed by atoms with van der Waals surface area (Å²) in [5.74, 6) is -0.0603. The maximum Gasteiger partial charge on any atom is 0.237 e. The van der Waals surface area contributed by atoms with Gasteiger partial charge in [-0.2, -0.15) is 0 Å². The van der Waals surface area contributed by atoms with Crippen molar-refractivity contribution in [2.75, 3.05) is 5.32 Å². The quantitative estimate of drug-likeness (QED) is 0.753. The fourth-order valence-corrected chi connectivity index (χ4v) is 2.86. The molecular formula is C16H15Cl2NOS. The molecule has 5 heteroatoms. The van der Waals surface area contributed by atoms with Crippen molar-refractivity contribution in [1.29, 1.82) is 0 Å². The SMILES string of the molecule is Cc1ccc(NC(=O)[C@H](C)Sc2ccc(Cl)cc2)cc1Cl. The van der Waals surface area contributed by atoms with E-state index in [0.717, 1.165) is 10.5 Å². The number of carbonyl (C=O) groups excluding carboxylic acids is 1. The smallest absolute Gasteiger partial charge is 0.237 e. The third-order valence-corrected chi connectivity index (χ3v) is 4.71. The van der Waals surface area contributed by atoms with Crippen LogP contribution < -0.4 is 5.32 Å². The van der Waals surface area contributed by atoms with Crippen molar-refractivity contribution in [3.8, 4) is 0 Å². The van der Waals surface area contributed by atoms with Gasteiger partial charge in [-0.25, -0.2) is 0 Å². The van der Waals surface area contributed by atoms with Crippen LogP contribution in [0, 0.1) is 6.92 Å². The average molecular weight is 340 g/mol. The summed E-state index contributed by atoms with van der Waals surface area (Å²) < 4.78 is 0. The summed E-state index contributed by atoms with van der Waals surface area (Å²) in [7, 11) is 0. The molecule has 0 saturated carbocycles. The maximum atomic E-state index is 12.2. The Hall–Kier alpha value is -1.16. The highest BCUT2D eigenvalue weighted by Gasteiger charge is 2.14. The van der Waals surface area contributed by atoms with Gasteiger partial charge in [0, 0.05) is 20.6 Å². The Labute approximate surface area is 138 Å². The van der Waals surface area contributed by atoms with E-state index in [-0.39, 0.29) is 11.2 Å². The van der Waals surface area contributed by atoms with Gasteiger partial charge in [0.15, 0.2) is 0 Å². The zero-order valence-corrected chi connectivity index (χ0v) is 14.0. The molecule has 2 aromatic carbocycles. The Morgan fingerprint density at radius 3 is 2.43 bits per heavy atom. The van der Waals surface area contributed by atoms with Gasteiger partial charge in [0.05, 0.1) is 5.25 Å². The Morgan fingerprint density at radius 1 is 1.14 bits per heavy atom. The number of carbonyl (C=O) groups is 1. The molecular weight excluding hydrogens is 325 g/mol. The summed E-state index contributed by atoms with van der Waals surface area (Å²) in [5, 5.41) is 3.98. The van der Waals surface area contributed by atoms with E-state index in [9.17, 15) is 4.79 Å². The molecule has 0 aliphatic heterocycles. The molecule has 0 bridgehead atoms. The lowest BCUT2D eigenvalue weighted by Crippen LogP contribution is -2.22. The molecule has 0 unspecified atom stereocenters. The molecule has 0 heterocycles. The summed E-state index contributed by atoms with van der Waals surface area (Å²) in [5.41, 5.74) is 1.69. The number of hydrogen-bond acceptors (Lipinski definition) is 2. The van der Waals surface area contributed by atoms with Crippen molar-refractivity contribution in [2.45, 2.75) is 24.0 Å². The number of nitrogens with one attached hydrogen (secondary N) is 1. The van der Waals surface area contributed by atoms with Crippen LogP contribution in [0.1, 0.15) is 12.5 Å². The minimum absolute atomic E-state index is 0.0603. The first-order valence-corrected chi connectivity index (χ1v) is 8.08. The van der Waals surface area contributed by atoms with Gasteiger partial charge in [-0.3, -0.25) is 4.79 Å².